The van der Waals surface area contributed by atoms with Crippen LogP contribution in [0.5, 0.6) is 5.75 Å². The molecule has 1 aliphatic heterocycles. The van der Waals surface area contributed by atoms with E-state index in [4.69, 9.17) is 9.47 Å². The lowest BCUT2D eigenvalue weighted by atomic mass is 10.0. The molecule has 2 heterocycles. The van der Waals surface area contributed by atoms with E-state index in [-0.39, 0.29) is 24.4 Å². The number of ether oxygens (including phenoxy) is 2. The van der Waals surface area contributed by atoms with E-state index < -0.39 is 0 Å². The first-order valence-corrected chi connectivity index (χ1v) is 11.3. The standard InChI is InChI=1S/C25H25NO4S/c27-24(26(16-22-8-4-14-29-22)17-23-9-5-15-31-23)18-30-21-12-10-20(11-13-21)25(28)19-6-2-1-3-7-19/h1-3,5-7,9-13,15,22H,4,8,14,16-18H2/t22-/m0/s1. The summed E-state index contributed by atoms with van der Waals surface area (Å²) in [6, 6.07) is 20.1. The van der Waals surface area contributed by atoms with Crippen LogP contribution in [0.25, 0.3) is 0 Å². The van der Waals surface area contributed by atoms with Gasteiger partial charge in [0.1, 0.15) is 5.75 Å². The van der Waals surface area contributed by atoms with Crippen LogP contribution >= 0.6 is 11.3 Å². The lowest BCUT2D eigenvalue weighted by Gasteiger charge is -2.25. The Balaban J connectivity index is 1.35. The second-order valence-corrected chi connectivity index (χ2v) is 8.53. The highest BCUT2D eigenvalue weighted by Crippen LogP contribution is 2.19. The second kappa shape index (κ2) is 10.4. The summed E-state index contributed by atoms with van der Waals surface area (Å²) >= 11 is 1.64. The molecule has 6 heteroatoms. The van der Waals surface area contributed by atoms with Crippen molar-refractivity contribution in [2.75, 3.05) is 19.8 Å². The molecular formula is C25H25NO4S. The van der Waals surface area contributed by atoms with Crippen LogP contribution in [0.1, 0.15) is 33.6 Å². The molecule has 160 valence electrons. The quantitative estimate of drug-likeness (QED) is 0.462. The van der Waals surface area contributed by atoms with E-state index in [0.29, 0.717) is 30.0 Å². The zero-order valence-electron chi connectivity index (χ0n) is 17.2. The van der Waals surface area contributed by atoms with Crippen LogP contribution in [0.2, 0.25) is 0 Å². The average Bonchev–Trinajstić information content (AvgIpc) is 3.52. The molecule has 0 radical (unpaired) electrons. The number of thiophene rings is 1. The minimum absolute atomic E-state index is 0.0399. The fraction of sp³-hybridized carbons (Fsp3) is 0.280. The van der Waals surface area contributed by atoms with E-state index in [1.807, 2.05) is 40.6 Å². The van der Waals surface area contributed by atoms with E-state index in [1.54, 1.807) is 47.7 Å². The van der Waals surface area contributed by atoms with Crippen LogP contribution in [0, 0.1) is 0 Å². The maximum absolute atomic E-state index is 12.9. The maximum atomic E-state index is 12.9. The van der Waals surface area contributed by atoms with Gasteiger partial charge in [0.25, 0.3) is 5.91 Å². The number of benzene rings is 2. The number of nitrogens with zero attached hydrogens (tertiary/aromatic N) is 1. The van der Waals surface area contributed by atoms with Crippen LogP contribution in [0.15, 0.2) is 72.1 Å². The van der Waals surface area contributed by atoms with Gasteiger partial charge < -0.3 is 14.4 Å². The van der Waals surface area contributed by atoms with Gasteiger partial charge in [0.2, 0.25) is 0 Å². The maximum Gasteiger partial charge on any atom is 0.260 e. The predicted molar refractivity (Wildman–Crippen MR) is 121 cm³/mol. The first kappa shape index (κ1) is 21.3. The number of ketones is 1. The third-order valence-electron chi connectivity index (χ3n) is 5.24. The molecule has 0 bridgehead atoms. The van der Waals surface area contributed by atoms with Crippen molar-refractivity contribution in [3.63, 3.8) is 0 Å². The Morgan fingerprint density at radius 3 is 2.45 bits per heavy atom. The molecule has 4 rings (SSSR count). The van der Waals surface area contributed by atoms with Gasteiger partial charge in [0.05, 0.1) is 12.6 Å². The molecule has 0 N–H and O–H groups in total. The van der Waals surface area contributed by atoms with Crippen molar-refractivity contribution in [2.24, 2.45) is 0 Å². The van der Waals surface area contributed by atoms with Gasteiger partial charge in [-0.05, 0) is 48.6 Å². The molecule has 2 aromatic carbocycles. The van der Waals surface area contributed by atoms with E-state index in [0.717, 1.165) is 24.3 Å². The second-order valence-electron chi connectivity index (χ2n) is 7.50. The third-order valence-corrected chi connectivity index (χ3v) is 6.10. The first-order valence-electron chi connectivity index (χ1n) is 10.4. The van der Waals surface area contributed by atoms with Gasteiger partial charge in [-0.2, -0.15) is 0 Å². The molecule has 0 unspecified atom stereocenters. The molecule has 1 aromatic heterocycles. The van der Waals surface area contributed by atoms with Gasteiger partial charge >= 0.3 is 0 Å². The number of carbonyl (C=O) groups is 2. The monoisotopic (exact) mass is 435 g/mol. The van der Waals surface area contributed by atoms with Gasteiger partial charge in [0, 0.05) is 29.2 Å². The zero-order valence-corrected chi connectivity index (χ0v) is 18.1. The summed E-state index contributed by atoms with van der Waals surface area (Å²) in [7, 11) is 0. The number of carbonyl (C=O) groups excluding carboxylic acids is 2. The summed E-state index contributed by atoms with van der Waals surface area (Å²) in [4.78, 5) is 28.4. The lowest BCUT2D eigenvalue weighted by molar-refractivity contribution is -0.135. The smallest absolute Gasteiger partial charge is 0.260 e. The van der Waals surface area contributed by atoms with Crippen molar-refractivity contribution in [2.45, 2.75) is 25.5 Å². The summed E-state index contributed by atoms with van der Waals surface area (Å²) in [6.45, 7) is 1.84. The highest BCUT2D eigenvalue weighted by Gasteiger charge is 2.23. The molecule has 5 nitrogen and oxygen atoms in total. The Labute approximate surface area is 186 Å². The molecule has 1 fully saturated rings. The molecule has 1 amide bonds. The van der Waals surface area contributed by atoms with Gasteiger partial charge in [-0.25, -0.2) is 0 Å². The van der Waals surface area contributed by atoms with Gasteiger partial charge in [-0.3, -0.25) is 9.59 Å². The number of amides is 1. The van der Waals surface area contributed by atoms with E-state index in [9.17, 15) is 9.59 Å². The van der Waals surface area contributed by atoms with Crippen molar-refractivity contribution in [3.8, 4) is 5.75 Å². The molecule has 0 spiro atoms. The molecule has 1 aliphatic rings. The van der Waals surface area contributed by atoms with Crippen LogP contribution < -0.4 is 4.74 Å². The molecule has 0 aliphatic carbocycles. The zero-order chi connectivity index (χ0) is 21.5. The summed E-state index contributed by atoms with van der Waals surface area (Å²) < 4.78 is 11.5. The summed E-state index contributed by atoms with van der Waals surface area (Å²) in [5, 5.41) is 2.01. The van der Waals surface area contributed by atoms with Crippen LogP contribution in [0.3, 0.4) is 0 Å². The third kappa shape index (κ3) is 5.81. The molecule has 0 saturated carbocycles. The molecule has 1 saturated heterocycles. The minimum atomic E-state index is -0.0756. The molecular weight excluding hydrogens is 410 g/mol. The average molecular weight is 436 g/mol. The van der Waals surface area contributed by atoms with Crippen molar-refractivity contribution >= 4 is 23.0 Å². The SMILES string of the molecule is O=C(c1ccccc1)c1ccc(OCC(=O)N(Cc2cccs2)C[C@@H]2CCCO2)cc1. The number of hydrogen-bond donors (Lipinski definition) is 0. The Bertz CT molecular complexity index is 980. The normalized spacial score (nSPS) is 15.5. The summed E-state index contributed by atoms with van der Waals surface area (Å²) in [5.41, 5.74) is 1.23. The van der Waals surface area contributed by atoms with E-state index in [2.05, 4.69) is 0 Å². The Kier molecular flexibility index (Phi) is 7.12. The Morgan fingerprint density at radius 1 is 1.00 bits per heavy atom. The molecule has 1 atom stereocenters. The highest BCUT2D eigenvalue weighted by atomic mass is 32.1. The van der Waals surface area contributed by atoms with Crippen molar-refractivity contribution in [1.29, 1.82) is 0 Å². The first-order chi connectivity index (χ1) is 15.2. The van der Waals surface area contributed by atoms with Crippen molar-refractivity contribution in [3.05, 3.63) is 88.1 Å². The van der Waals surface area contributed by atoms with Crippen LogP contribution in [-0.2, 0) is 16.1 Å². The topological polar surface area (TPSA) is 55.8 Å². The lowest BCUT2D eigenvalue weighted by Crippen LogP contribution is -2.39. The Morgan fingerprint density at radius 2 is 1.77 bits per heavy atom. The fourth-order valence-electron chi connectivity index (χ4n) is 3.57. The molecule has 3 aromatic rings. The largest absolute Gasteiger partial charge is 0.484 e. The van der Waals surface area contributed by atoms with Gasteiger partial charge in [-0.1, -0.05) is 36.4 Å². The van der Waals surface area contributed by atoms with Crippen molar-refractivity contribution in [1.82, 2.24) is 4.90 Å². The predicted octanol–water partition coefficient (Wildman–Crippen LogP) is 4.57. The Hall–Kier alpha value is -2.96. The van der Waals surface area contributed by atoms with E-state index in [1.165, 1.54) is 0 Å². The van der Waals surface area contributed by atoms with E-state index >= 15 is 0 Å². The summed E-state index contributed by atoms with van der Waals surface area (Å²) in [5.74, 6) is 0.446. The molecule has 31 heavy (non-hydrogen) atoms. The fourth-order valence-corrected chi connectivity index (χ4v) is 4.29. The summed E-state index contributed by atoms with van der Waals surface area (Å²) in [6.07, 6.45) is 2.11. The van der Waals surface area contributed by atoms with Crippen LogP contribution in [0.4, 0.5) is 0 Å². The highest BCUT2D eigenvalue weighted by molar-refractivity contribution is 7.09. The van der Waals surface area contributed by atoms with Gasteiger partial charge in [0.15, 0.2) is 12.4 Å². The number of hydrogen-bond acceptors (Lipinski definition) is 5. The number of rotatable bonds is 9. The van der Waals surface area contributed by atoms with Crippen molar-refractivity contribution < 1.29 is 19.1 Å². The van der Waals surface area contributed by atoms with Crippen LogP contribution in [-0.4, -0.2) is 42.5 Å². The van der Waals surface area contributed by atoms with Gasteiger partial charge in [-0.15, -0.1) is 11.3 Å². The minimum Gasteiger partial charge on any atom is -0.484 e.